The van der Waals surface area contributed by atoms with Crippen LogP contribution in [0.4, 0.5) is 11.4 Å². The van der Waals surface area contributed by atoms with Gasteiger partial charge in [0.15, 0.2) is 0 Å². The summed E-state index contributed by atoms with van der Waals surface area (Å²) in [5.74, 6) is -0.308. The Morgan fingerprint density at radius 3 is 2.39 bits per heavy atom. The van der Waals surface area contributed by atoms with Crippen LogP contribution in [0.5, 0.6) is 0 Å². The molecule has 0 aromatic heterocycles. The Morgan fingerprint density at radius 2 is 1.94 bits per heavy atom. The van der Waals surface area contributed by atoms with Crippen molar-refractivity contribution in [3.63, 3.8) is 0 Å². The first kappa shape index (κ1) is 14.0. The third kappa shape index (κ3) is 3.44. The first-order chi connectivity index (χ1) is 8.36. The van der Waals surface area contributed by atoms with E-state index in [1.165, 1.54) is 19.2 Å². The number of anilines is 1. The van der Waals surface area contributed by atoms with Crippen LogP contribution in [0.15, 0.2) is 24.3 Å². The van der Waals surface area contributed by atoms with Crippen LogP contribution in [0.25, 0.3) is 0 Å². The lowest BCUT2D eigenvalue weighted by atomic mass is 9.93. The number of esters is 1. The van der Waals surface area contributed by atoms with Gasteiger partial charge in [0.1, 0.15) is 0 Å². The molecule has 1 aromatic rings. The molecular formula is C12H16N2O4. The van der Waals surface area contributed by atoms with Gasteiger partial charge in [-0.15, -0.1) is 0 Å². The lowest BCUT2D eigenvalue weighted by molar-refractivity contribution is -0.384. The van der Waals surface area contributed by atoms with Gasteiger partial charge in [0.05, 0.1) is 17.4 Å². The summed E-state index contributed by atoms with van der Waals surface area (Å²) < 4.78 is 4.69. The number of methoxy groups -OCH3 is 1. The van der Waals surface area contributed by atoms with Gasteiger partial charge in [-0.2, -0.15) is 0 Å². The maximum atomic E-state index is 11.4. The lowest BCUT2D eigenvalue weighted by Crippen LogP contribution is -2.33. The summed E-state index contributed by atoms with van der Waals surface area (Å²) >= 11 is 0. The van der Waals surface area contributed by atoms with Crippen molar-refractivity contribution in [2.24, 2.45) is 5.41 Å². The largest absolute Gasteiger partial charge is 0.469 e. The smallest absolute Gasteiger partial charge is 0.313 e. The van der Waals surface area contributed by atoms with Crippen LogP contribution in [0.3, 0.4) is 0 Å². The molecule has 0 saturated carbocycles. The number of nitrogens with one attached hydrogen (secondary N) is 1. The van der Waals surface area contributed by atoms with Crippen molar-refractivity contribution < 1.29 is 14.5 Å². The summed E-state index contributed by atoms with van der Waals surface area (Å²) in [5, 5.41) is 13.5. The van der Waals surface area contributed by atoms with E-state index >= 15 is 0 Å². The van der Waals surface area contributed by atoms with E-state index in [2.05, 4.69) is 10.1 Å². The van der Waals surface area contributed by atoms with Crippen LogP contribution in [-0.4, -0.2) is 24.5 Å². The number of rotatable bonds is 5. The summed E-state index contributed by atoms with van der Waals surface area (Å²) in [7, 11) is 1.34. The zero-order valence-corrected chi connectivity index (χ0v) is 10.6. The molecule has 0 unspecified atom stereocenters. The predicted octanol–water partition coefficient (Wildman–Crippen LogP) is 2.21. The van der Waals surface area contributed by atoms with Gasteiger partial charge in [-0.1, -0.05) is 0 Å². The molecule has 0 radical (unpaired) electrons. The predicted molar refractivity (Wildman–Crippen MR) is 67.4 cm³/mol. The van der Waals surface area contributed by atoms with E-state index in [9.17, 15) is 14.9 Å². The van der Waals surface area contributed by atoms with E-state index in [0.717, 1.165) is 5.69 Å². The second-order valence-corrected chi connectivity index (χ2v) is 4.53. The molecule has 0 aliphatic heterocycles. The Balaban J connectivity index is 2.64. The third-order valence-corrected chi connectivity index (χ3v) is 2.55. The minimum atomic E-state index is -0.656. The van der Waals surface area contributed by atoms with Gasteiger partial charge in [-0.25, -0.2) is 0 Å². The highest BCUT2D eigenvalue weighted by molar-refractivity contribution is 5.76. The van der Waals surface area contributed by atoms with E-state index < -0.39 is 10.3 Å². The van der Waals surface area contributed by atoms with Crippen molar-refractivity contribution in [2.75, 3.05) is 19.0 Å². The quantitative estimate of drug-likeness (QED) is 0.493. The SMILES string of the molecule is COC(=O)C(C)(C)CNc1ccc([N+](=O)[O-])cc1. The molecule has 98 valence electrons. The van der Waals surface area contributed by atoms with Gasteiger partial charge in [0.25, 0.3) is 5.69 Å². The number of nitro groups is 1. The Labute approximate surface area is 105 Å². The number of carbonyl (C=O) groups excluding carboxylic acids is 1. The highest BCUT2D eigenvalue weighted by atomic mass is 16.6. The Hall–Kier alpha value is -2.11. The first-order valence-corrected chi connectivity index (χ1v) is 5.43. The van der Waals surface area contributed by atoms with E-state index in [-0.39, 0.29) is 11.7 Å². The molecule has 6 heteroatoms. The maximum absolute atomic E-state index is 11.4. The number of nitrogens with zero attached hydrogens (tertiary/aromatic N) is 1. The number of non-ortho nitro benzene ring substituents is 1. The van der Waals surface area contributed by atoms with Crippen molar-refractivity contribution in [1.82, 2.24) is 0 Å². The normalized spacial score (nSPS) is 10.8. The zero-order chi connectivity index (χ0) is 13.8. The van der Waals surface area contributed by atoms with E-state index in [1.54, 1.807) is 26.0 Å². The summed E-state index contributed by atoms with van der Waals surface area (Å²) in [6.07, 6.45) is 0. The third-order valence-electron chi connectivity index (χ3n) is 2.55. The van der Waals surface area contributed by atoms with Crippen molar-refractivity contribution in [2.45, 2.75) is 13.8 Å². The monoisotopic (exact) mass is 252 g/mol. The van der Waals surface area contributed by atoms with Gasteiger partial charge < -0.3 is 10.1 Å². The zero-order valence-electron chi connectivity index (χ0n) is 10.6. The second kappa shape index (κ2) is 5.48. The van der Waals surface area contributed by atoms with Crippen molar-refractivity contribution in [1.29, 1.82) is 0 Å². The number of hydrogen-bond acceptors (Lipinski definition) is 5. The minimum absolute atomic E-state index is 0.0350. The standard InChI is InChI=1S/C12H16N2O4/c1-12(2,11(15)18-3)8-13-9-4-6-10(7-5-9)14(16)17/h4-7,13H,8H2,1-3H3. The molecule has 6 nitrogen and oxygen atoms in total. The highest BCUT2D eigenvalue weighted by Crippen LogP contribution is 2.20. The molecule has 0 fully saturated rings. The molecule has 0 bridgehead atoms. The van der Waals surface area contributed by atoms with Crippen molar-refractivity contribution >= 4 is 17.3 Å². The number of hydrogen-bond donors (Lipinski definition) is 1. The van der Waals surface area contributed by atoms with Gasteiger partial charge in [-0.3, -0.25) is 14.9 Å². The highest BCUT2D eigenvalue weighted by Gasteiger charge is 2.28. The average molecular weight is 252 g/mol. The molecule has 0 aliphatic rings. The average Bonchev–Trinajstić information content (AvgIpc) is 2.35. The molecule has 1 rings (SSSR count). The molecule has 1 aromatic carbocycles. The van der Waals surface area contributed by atoms with Crippen LogP contribution in [0.2, 0.25) is 0 Å². The van der Waals surface area contributed by atoms with Crippen LogP contribution in [-0.2, 0) is 9.53 Å². The van der Waals surface area contributed by atoms with E-state index in [0.29, 0.717) is 6.54 Å². The fourth-order valence-electron chi connectivity index (χ4n) is 1.37. The topological polar surface area (TPSA) is 81.5 Å². The van der Waals surface area contributed by atoms with Gasteiger partial charge >= 0.3 is 5.97 Å². The van der Waals surface area contributed by atoms with Crippen molar-refractivity contribution in [3.05, 3.63) is 34.4 Å². The van der Waals surface area contributed by atoms with Crippen LogP contribution in [0.1, 0.15) is 13.8 Å². The van der Waals surface area contributed by atoms with Crippen LogP contribution >= 0.6 is 0 Å². The van der Waals surface area contributed by atoms with Crippen LogP contribution < -0.4 is 5.32 Å². The Bertz CT molecular complexity index is 440. The van der Waals surface area contributed by atoms with Gasteiger partial charge in [0.2, 0.25) is 0 Å². The maximum Gasteiger partial charge on any atom is 0.313 e. The molecule has 0 heterocycles. The molecule has 0 aliphatic carbocycles. The van der Waals surface area contributed by atoms with Gasteiger partial charge in [0, 0.05) is 24.4 Å². The summed E-state index contributed by atoms with van der Waals surface area (Å²) in [6, 6.07) is 6.03. The fraction of sp³-hybridized carbons (Fsp3) is 0.417. The number of ether oxygens (including phenoxy) is 1. The summed E-state index contributed by atoms with van der Waals surface area (Å²) in [4.78, 5) is 21.5. The second-order valence-electron chi connectivity index (χ2n) is 4.53. The molecular weight excluding hydrogens is 236 g/mol. The number of carbonyl (C=O) groups is 1. The first-order valence-electron chi connectivity index (χ1n) is 5.43. The van der Waals surface area contributed by atoms with Gasteiger partial charge in [-0.05, 0) is 26.0 Å². The number of nitro benzene ring substituents is 1. The minimum Gasteiger partial charge on any atom is -0.469 e. The molecule has 1 N–H and O–H groups in total. The molecule has 0 spiro atoms. The summed E-state index contributed by atoms with van der Waals surface area (Å²) in [6.45, 7) is 3.91. The fourth-order valence-corrected chi connectivity index (χ4v) is 1.37. The van der Waals surface area contributed by atoms with E-state index in [1.807, 2.05) is 0 Å². The Morgan fingerprint density at radius 1 is 1.39 bits per heavy atom. The molecule has 18 heavy (non-hydrogen) atoms. The van der Waals surface area contributed by atoms with Crippen LogP contribution in [0, 0.1) is 15.5 Å². The van der Waals surface area contributed by atoms with Crippen molar-refractivity contribution in [3.8, 4) is 0 Å². The van der Waals surface area contributed by atoms with E-state index in [4.69, 9.17) is 0 Å². The number of benzene rings is 1. The lowest BCUT2D eigenvalue weighted by Gasteiger charge is -2.22. The molecule has 0 saturated heterocycles. The molecule has 0 amide bonds. The summed E-state index contributed by atoms with van der Waals surface area (Å²) in [5.41, 5.74) is 0.0987. The molecule has 0 atom stereocenters. The Kier molecular flexibility index (Phi) is 4.25.